The quantitative estimate of drug-likeness (QED) is 0.672. The largest absolute Gasteiger partial charge is 0.507 e. The maximum atomic E-state index is 13.4. The lowest BCUT2D eigenvalue weighted by atomic mass is 9.98. The average molecular weight is 350 g/mol. The second-order valence-electron chi connectivity index (χ2n) is 5.73. The summed E-state index contributed by atoms with van der Waals surface area (Å²) in [7, 11) is 0. The first-order valence-corrected chi connectivity index (χ1v) is 8.25. The molecule has 0 atom stereocenters. The molecule has 0 radical (unpaired) electrons. The van der Waals surface area contributed by atoms with Crippen molar-refractivity contribution >= 4 is 6.08 Å². The van der Waals surface area contributed by atoms with Gasteiger partial charge < -0.3 is 14.9 Å². The fourth-order valence-electron chi connectivity index (χ4n) is 2.73. The molecular formula is C22H19FO3. The van der Waals surface area contributed by atoms with Gasteiger partial charge in [0.1, 0.15) is 23.9 Å². The highest BCUT2D eigenvalue weighted by Crippen LogP contribution is 2.39. The van der Waals surface area contributed by atoms with E-state index in [9.17, 15) is 14.6 Å². The summed E-state index contributed by atoms with van der Waals surface area (Å²) in [6.45, 7) is -0.0320. The van der Waals surface area contributed by atoms with Gasteiger partial charge in [0.15, 0.2) is 0 Å². The third kappa shape index (κ3) is 4.10. The van der Waals surface area contributed by atoms with Gasteiger partial charge in [-0.2, -0.15) is 0 Å². The molecule has 0 aliphatic carbocycles. The molecule has 0 heterocycles. The molecule has 3 aromatic carbocycles. The van der Waals surface area contributed by atoms with Crippen LogP contribution in [0.3, 0.4) is 0 Å². The van der Waals surface area contributed by atoms with Crippen LogP contribution in [0.4, 0.5) is 4.39 Å². The van der Waals surface area contributed by atoms with Gasteiger partial charge in [-0.05, 0) is 47.0 Å². The highest BCUT2D eigenvalue weighted by atomic mass is 19.1. The fraction of sp³-hybridized carbons (Fsp3) is 0.0909. The summed E-state index contributed by atoms with van der Waals surface area (Å²) >= 11 is 0. The molecule has 0 amide bonds. The highest BCUT2D eigenvalue weighted by Gasteiger charge is 2.15. The Hall–Kier alpha value is -3.11. The van der Waals surface area contributed by atoms with Gasteiger partial charge in [0.25, 0.3) is 0 Å². The molecule has 3 aromatic rings. The normalized spacial score (nSPS) is 11.0. The van der Waals surface area contributed by atoms with E-state index in [4.69, 9.17) is 4.74 Å². The minimum atomic E-state index is -0.443. The van der Waals surface area contributed by atoms with Crippen molar-refractivity contribution in [3.63, 3.8) is 0 Å². The second-order valence-corrected chi connectivity index (χ2v) is 5.73. The Morgan fingerprint density at radius 3 is 2.54 bits per heavy atom. The SMILES string of the molecule is OCc1cc(F)ccc1-c1c(O)cccc1OCC=Cc1ccccc1. The van der Waals surface area contributed by atoms with Crippen LogP contribution < -0.4 is 4.74 Å². The third-order valence-corrected chi connectivity index (χ3v) is 3.96. The van der Waals surface area contributed by atoms with E-state index >= 15 is 0 Å². The summed E-state index contributed by atoms with van der Waals surface area (Å²) in [5, 5.41) is 19.8. The first-order chi connectivity index (χ1) is 12.7. The van der Waals surface area contributed by atoms with Gasteiger partial charge >= 0.3 is 0 Å². The number of phenols is 1. The Labute approximate surface area is 151 Å². The zero-order valence-electron chi connectivity index (χ0n) is 14.1. The summed E-state index contributed by atoms with van der Waals surface area (Å²) in [5.74, 6) is 0.0290. The topological polar surface area (TPSA) is 49.7 Å². The predicted octanol–water partition coefficient (Wildman–Crippen LogP) is 4.78. The maximum absolute atomic E-state index is 13.4. The zero-order valence-corrected chi connectivity index (χ0v) is 14.1. The number of aliphatic hydroxyl groups is 1. The van der Waals surface area contributed by atoms with Gasteiger partial charge in [-0.25, -0.2) is 4.39 Å². The number of hydrogen-bond donors (Lipinski definition) is 2. The first-order valence-electron chi connectivity index (χ1n) is 8.25. The van der Waals surface area contributed by atoms with Crippen molar-refractivity contribution in [1.29, 1.82) is 0 Å². The molecule has 0 aliphatic rings. The summed E-state index contributed by atoms with van der Waals surface area (Å²) in [5.41, 5.74) is 2.42. The minimum absolute atomic E-state index is 0.0100. The lowest BCUT2D eigenvalue weighted by Gasteiger charge is -2.15. The number of aromatic hydroxyl groups is 1. The van der Waals surface area contributed by atoms with E-state index in [2.05, 4.69) is 0 Å². The number of benzene rings is 3. The summed E-state index contributed by atoms with van der Waals surface area (Å²) in [6, 6.07) is 18.9. The van der Waals surface area contributed by atoms with Crippen LogP contribution in [0, 0.1) is 5.82 Å². The van der Waals surface area contributed by atoms with Gasteiger partial charge in [-0.1, -0.05) is 48.5 Å². The van der Waals surface area contributed by atoms with Gasteiger partial charge in [0, 0.05) is 0 Å². The molecule has 4 heteroatoms. The van der Waals surface area contributed by atoms with Crippen molar-refractivity contribution in [3.8, 4) is 22.6 Å². The molecule has 0 saturated heterocycles. The van der Waals surface area contributed by atoms with E-state index in [0.717, 1.165) is 5.56 Å². The Morgan fingerprint density at radius 2 is 1.77 bits per heavy atom. The van der Waals surface area contributed by atoms with E-state index in [1.54, 1.807) is 12.1 Å². The van der Waals surface area contributed by atoms with E-state index in [0.29, 0.717) is 29.0 Å². The summed E-state index contributed by atoms with van der Waals surface area (Å²) in [4.78, 5) is 0. The second kappa shape index (κ2) is 8.32. The van der Waals surface area contributed by atoms with Gasteiger partial charge in [-0.3, -0.25) is 0 Å². The van der Waals surface area contributed by atoms with Crippen LogP contribution in [0.1, 0.15) is 11.1 Å². The molecule has 132 valence electrons. The molecule has 0 aromatic heterocycles. The van der Waals surface area contributed by atoms with E-state index in [1.807, 2.05) is 42.5 Å². The monoisotopic (exact) mass is 350 g/mol. The van der Waals surface area contributed by atoms with E-state index in [-0.39, 0.29) is 12.4 Å². The molecule has 3 rings (SSSR count). The smallest absolute Gasteiger partial charge is 0.131 e. The fourth-order valence-corrected chi connectivity index (χ4v) is 2.73. The number of rotatable bonds is 6. The van der Waals surface area contributed by atoms with Gasteiger partial charge in [0.05, 0.1) is 12.2 Å². The molecule has 3 nitrogen and oxygen atoms in total. The van der Waals surface area contributed by atoms with E-state index < -0.39 is 5.82 Å². The lowest BCUT2D eigenvalue weighted by molar-refractivity contribution is 0.281. The molecule has 0 saturated carbocycles. The molecule has 0 fully saturated rings. The molecule has 0 spiro atoms. The third-order valence-electron chi connectivity index (χ3n) is 3.96. The minimum Gasteiger partial charge on any atom is -0.507 e. The number of ether oxygens (including phenoxy) is 1. The van der Waals surface area contributed by atoms with Crippen LogP contribution in [0.25, 0.3) is 17.2 Å². The van der Waals surface area contributed by atoms with Crippen LogP contribution in [0.2, 0.25) is 0 Å². The van der Waals surface area contributed by atoms with Crippen LogP contribution in [-0.2, 0) is 6.61 Å². The summed E-state index contributed by atoms with van der Waals surface area (Å²) in [6.07, 6.45) is 3.82. The maximum Gasteiger partial charge on any atom is 0.131 e. The zero-order chi connectivity index (χ0) is 18.4. The van der Waals surface area contributed by atoms with Crippen LogP contribution in [0.5, 0.6) is 11.5 Å². The Kier molecular flexibility index (Phi) is 5.66. The number of phenolic OH excluding ortho intramolecular Hbond substituents is 1. The van der Waals surface area contributed by atoms with E-state index in [1.165, 1.54) is 24.3 Å². The standard InChI is InChI=1S/C22H19FO3/c23-18-11-12-19(17(14-18)15-24)22-20(25)9-4-10-21(22)26-13-5-8-16-6-2-1-3-7-16/h1-12,14,24-25H,13,15H2. The van der Waals surface area contributed by atoms with Crippen LogP contribution in [0.15, 0.2) is 72.8 Å². The molecule has 0 unspecified atom stereocenters. The van der Waals surface area contributed by atoms with Crippen molar-refractivity contribution in [2.45, 2.75) is 6.61 Å². The Bertz CT molecular complexity index is 905. The van der Waals surface area contributed by atoms with Crippen molar-refractivity contribution in [3.05, 3.63) is 89.8 Å². The summed E-state index contributed by atoms with van der Waals surface area (Å²) < 4.78 is 19.2. The van der Waals surface area contributed by atoms with Crippen LogP contribution >= 0.6 is 0 Å². The number of aliphatic hydroxyl groups excluding tert-OH is 1. The number of hydrogen-bond acceptors (Lipinski definition) is 3. The molecule has 2 N–H and O–H groups in total. The van der Waals surface area contributed by atoms with Crippen molar-refractivity contribution in [2.75, 3.05) is 6.61 Å². The van der Waals surface area contributed by atoms with Crippen molar-refractivity contribution < 1.29 is 19.3 Å². The first kappa shape index (κ1) is 17.7. The Morgan fingerprint density at radius 1 is 0.962 bits per heavy atom. The number of halogens is 1. The van der Waals surface area contributed by atoms with Crippen LogP contribution in [-0.4, -0.2) is 16.8 Å². The molecule has 0 bridgehead atoms. The molecular weight excluding hydrogens is 331 g/mol. The Balaban J connectivity index is 1.85. The van der Waals surface area contributed by atoms with Gasteiger partial charge in [0.2, 0.25) is 0 Å². The molecule has 26 heavy (non-hydrogen) atoms. The molecule has 0 aliphatic heterocycles. The lowest BCUT2D eigenvalue weighted by Crippen LogP contribution is -1.98. The average Bonchev–Trinajstić information content (AvgIpc) is 2.66. The van der Waals surface area contributed by atoms with Crippen molar-refractivity contribution in [2.24, 2.45) is 0 Å². The van der Waals surface area contributed by atoms with Gasteiger partial charge in [-0.15, -0.1) is 0 Å². The van der Waals surface area contributed by atoms with Crippen molar-refractivity contribution in [1.82, 2.24) is 0 Å². The highest BCUT2D eigenvalue weighted by molar-refractivity contribution is 5.78. The predicted molar refractivity (Wildman–Crippen MR) is 100 cm³/mol.